The van der Waals surface area contributed by atoms with E-state index in [4.69, 9.17) is 9.47 Å². The maximum Gasteiger partial charge on any atom is 0.338 e. The van der Waals surface area contributed by atoms with Crippen molar-refractivity contribution >= 4 is 11.9 Å². The molecule has 4 heteroatoms. The van der Waals surface area contributed by atoms with E-state index in [2.05, 4.69) is 27.7 Å². The van der Waals surface area contributed by atoms with E-state index in [1.165, 1.54) is 36.8 Å². The number of carbonyl (C=O) groups excluding carboxylic acids is 2. The fraction of sp³-hybridized carbons (Fsp3) is 0.533. The zero-order chi connectivity index (χ0) is 25.1. The van der Waals surface area contributed by atoms with Crippen molar-refractivity contribution in [2.45, 2.75) is 92.3 Å². The van der Waals surface area contributed by atoms with Crippen molar-refractivity contribution < 1.29 is 19.1 Å². The van der Waals surface area contributed by atoms with Crippen molar-refractivity contribution in [2.24, 2.45) is 11.8 Å². The predicted molar refractivity (Wildman–Crippen MR) is 138 cm³/mol. The minimum atomic E-state index is -0.560. The summed E-state index contributed by atoms with van der Waals surface area (Å²) in [6, 6.07) is 15.2. The van der Waals surface area contributed by atoms with Crippen LogP contribution in [0.2, 0.25) is 0 Å². The fourth-order valence-corrected chi connectivity index (χ4v) is 4.21. The van der Waals surface area contributed by atoms with Gasteiger partial charge in [0.1, 0.15) is 12.2 Å². The molecule has 4 atom stereocenters. The summed E-state index contributed by atoms with van der Waals surface area (Å²) in [5, 5.41) is 0. The lowest BCUT2D eigenvalue weighted by Crippen LogP contribution is -2.30. The molecule has 0 bridgehead atoms. The molecule has 0 fully saturated rings. The molecule has 0 aromatic heterocycles. The molecule has 0 aliphatic rings. The van der Waals surface area contributed by atoms with Gasteiger partial charge in [0, 0.05) is 0 Å². The number of hydrogen-bond acceptors (Lipinski definition) is 4. The first-order valence-electron chi connectivity index (χ1n) is 12.8. The predicted octanol–water partition coefficient (Wildman–Crippen LogP) is 7.43. The summed E-state index contributed by atoms with van der Waals surface area (Å²) in [6.07, 6.45) is 5.63. The number of ether oxygens (including phenoxy) is 2. The van der Waals surface area contributed by atoms with Crippen LogP contribution in [-0.2, 0) is 22.3 Å². The summed E-state index contributed by atoms with van der Waals surface area (Å²) >= 11 is 0. The van der Waals surface area contributed by atoms with Gasteiger partial charge in [0.15, 0.2) is 0 Å². The Kier molecular flexibility index (Phi) is 11.3. The second kappa shape index (κ2) is 13.9. The number of rotatable bonds is 13. The van der Waals surface area contributed by atoms with E-state index >= 15 is 0 Å². The first-order valence-corrected chi connectivity index (χ1v) is 12.8. The van der Waals surface area contributed by atoms with Gasteiger partial charge in [-0.05, 0) is 73.9 Å². The molecular formula is C30H42O4. The van der Waals surface area contributed by atoms with Gasteiger partial charge in [0.2, 0.25) is 0 Å². The maximum atomic E-state index is 12.6. The number of esters is 2. The second-order valence-electron chi connectivity index (χ2n) is 9.81. The van der Waals surface area contributed by atoms with E-state index < -0.39 is 24.1 Å². The van der Waals surface area contributed by atoms with E-state index in [1.54, 1.807) is 13.8 Å². The van der Waals surface area contributed by atoms with Crippen molar-refractivity contribution in [1.29, 1.82) is 0 Å². The molecule has 0 radical (unpaired) electrons. The molecular weight excluding hydrogens is 424 g/mol. The second-order valence-corrected chi connectivity index (χ2v) is 9.81. The third-order valence-corrected chi connectivity index (χ3v) is 6.36. The monoisotopic (exact) mass is 466 g/mol. The van der Waals surface area contributed by atoms with Gasteiger partial charge in [0.25, 0.3) is 0 Å². The van der Waals surface area contributed by atoms with Crippen LogP contribution in [0, 0.1) is 11.8 Å². The molecule has 2 aromatic rings. The molecule has 0 amide bonds. The van der Waals surface area contributed by atoms with Crippen molar-refractivity contribution in [3.8, 4) is 0 Å². The van der Waals surface area contributed by atoms with E-state index in [9.17, 15) is 9.59 Å². The highest BCUT2D eigenvalue weighted by molar-refractivity contribution is 5.90. The summed E-state index contributed by atoms with van der Waals surface area (Å²) < 4.78 is 11.1. The first-order chi connectivity index (χ1) is 16.2. The summed E-state index contributed by atoms with van der Waals surface area (Å²) in [5.74, 6) is 0.432. The highest BCUT2D eigenvalue weighted by Gasteiger charge is 2.22. The third-order valence-electron chi connectivity index (χ3n) is 6.36. The molecule has 2 rings (SSSR count). The van der Waals surface area contributed by atoms with E-state index in [0.29, 0.717) is 23.0 Å². The zero-order valence-corrected chi connectivity index (χ0v) is 21.8. The molecule has 0 N–H and O–H groups in total. The first kappa shape index (κ1) is 27.6. The lowest BCUT2D eigenvalue weighted by Gasteiger charge is -2.21. The van der Waals surface area contributed by atoms with Crippen LogP contribution < -0.4 is 0 Å². The van der Waals surface area contributed by atoms with Gasteiger partial charge >= 0.3 is 11.9 Å². The van der Waals surface area contributed by atoms with Gasteiger partial charge in [0.05, 0.1) is 11.1 Å². The average molecular weight is 467 g/mol. The van der Waals surface area contributed by atoms with Gasteiger partial charge < -0.3 is 9.47 Å². The van der Waals surface area contributed by atoms with Crippen LogP contribution in [0.15, 0.2) is 48.5 Å². The fourth-order valence-electron chi connectivity index (χ4n) is 4.21. The molecule has 2 aromatic carbocycles. The molecule has 186 valence electrons. The van der Waals surface area contributed by atoms with Crippen LogP contribution in [0.3, 0.4) is 0 Å². The molecule has 0 spiro atoms. The SMILES string of the molecule is CCC[C@@H](C)Cc1ccc(C(=O)OC(C)C(C)OC(=O)c2ccc(C[C@H](C)CCC)cc2)cc1. The Morgan fingerprint density at radius 2 is 0.941 bits per heavy atom. The molecule has 0 saturated heterocycles. The summed E-state index contributed by atoms with van der Waals surface area (Å²) in [5.41, 5.74) is 3.45. The molecule has 0 aliphatic carbocycles. The maximum absolute atomic E-state index is 12.6. The molecule has 0 aliphatic heterocycles. The highest BCUT2D eigenvalue weighted by atomic mass is 16.6. The van der Waals surface area contributed by atoms with Crippen LogP contribution in [0.4, 0.5) is 0 Å². The van der Waals surface area contributed by atoms with Crippen LogP contribution >= 0.6 is 0 Å². The van der Waals surface area contributed by atoms with Crippen molar-refractivity contribution in [3.05, 3.63) is 70.8 Å². The molecule has 0 saturated carbocycles. The van der Waals surface area contributed by atoms with Gasteiger partial charge in [-0.25, -0.2) is 9.59 Å². The van der Waals surface area contributed by atoms with E-state index in [0.717, 1.165) is 12.8 Å². The van der Waals surface area contributed by atoms with Crippen molar-refractivity contribution in [2.75, 3.05) is 0 Å². The zero-order valence-electron chi connectivity index (χ0n) is 21.8. The molecule has 34 heavy (non-hydrogen) atoms. The number of benzene rings is 2. The highest BCUT2D eigenvalue weighted by Crippen LogP contribution is 2.17. The van der Waals surface area contributed by atoms with Crippen LogP contribution in [-0.4, -0.2) is 24.1 Å². The average Bonchev–Trinajstić information content (AvgIpc) is 2.80. The van der Waals surface area contributed by atoms with E-state index in [1.807, 2.05) is 48.5 Å². The standard InChI is InChI=1S/C30H42O4/c1-7-9-21(3)19-25-11-15-27(16-12-25)29(31)33-23(5)24(6)34-30(32)28-17-13-26(14-18-28)20-22(4)10-8-2/h11-18,21-24H,7-10,19-20H2,1-6H3/t21-,22-,23?,24?/m1/s1. The largest absolute Gasteiger partial charge is 0.455 e. The summed E-state index contributed by atoms with van der Waals surface area (Å²) in [6.45, 7) is 12.4. The van der Waals surface area contributed by atoms with Crippen LogP contribution in [0.5, 0.6) is 0 Å². The Labute approximate surface area is 206 Å². The van der Waals surface area contributed by atoms with Crippen molar-refractivity contribution in [1.82, 2.24) is 0 Å². The summed E-state index contributed by atoms with van der Waals surface area (Å²) in [7, 11) is 0. The molecule has 0 heterocycles. The van der Waals surface area contributed by atoms with Crippen molar-refractivity contribution in [3.63, 3.8) is 0 Å². The Hall–Kier alpha value is -2.62. The summed E-state index contributed by atoms with van der Waals surface area (Å²) in [4.78, 5) is 25.1. The smallest absolute Gasteiger partial charge is 0.338 e. The normalized spacial score (nSPS) is 14.6. The molecule has 2 unspecified atom stereocenters. The Bertz CT molecular complexity index is 810. The third kappa shape index (κ3) is 8.96. The number of carbonyl (C=O) groups is 2. The van der Waals surface area contributed by atoms with Gasteiger partial charge in [-0.2, -0.15) is 0 Å². The Morgan fingerprint density at radius 3 is 1.24 bits per heavy atom. The topological polar surface area (TPSA) is 52.6 Å². The Morgan fingerprint density at radius 1 is 0.618 bits per heavy atom. The van der Waals surface area contributed by atoms with Gasteiger partial charge in [-0.1, -0.05) is 77.6 Å². The lowest BCUT2D eigenvalue weighted by molar-refractivity contribution is -0.0239. The van der Waals surface area contributed by atoms with Crippen LogP contribution in [0.1, 0.15) is 99.1 Å². The van der Waals surface area contributed by atoms with Crippen LogP contribution in [0.25, 0.3) is 0 Å². The molecule has 4 nitrogen and oxygen atoms in total. The minimum Gasteiger partial charge on any atom is -0.455 e. The Balaban J connectivity index is 1.86. The lowest BCUT2D eigenvalue weighted by atomic mass is 9.96. The quantitative estimate of drug-likeness (QED) is 0.288. The minimum absolute atomic E-state index is 0.408. The number of hydrogen-bond donors (Lipinski definition) is 0. The van der Waals surface area contributed by atoms with Gasteiger partial charge in [-0.3, -0.25) is 0 Å². The van der Waals surface area contributed by atoms with Gasteiger partial charge in [-0.15, -0.1) is 0 Å². The van der Waals surface area contributed by atoms with E-state index in [-0.39, 0.29) is 0 Å².